The summed E-state index contributed by atoms with van der Waals surface area (Å²) in [4.78, 5) is 24.8. The summed E-state index contributed by atoms with van der Waals surface area (Å²) in [7, 11) is 0. The Balaban J connectivity index is 1.90. The topological polar surface area (TPSA) is 109 Å². The van der Waals surface area contributed by atoms with E-state index in [4.69, 9.17) is 16.1 Å². The Bertz CT molecular complexity index is 1510. The van der Waals surface area contributed by atoms with Crippen molar-refractivity contribution in [3.63, 3.8) is 0 Å². The molecule has 4 aromatic rings. The fraction of sp³-hybridized carbons (Fsp3) is 0.360. The Labute approximate surface area is 211 Å². The zero-order valence-corrected chi connectivity index (χ0v) is 21.1. The molecule has 3 aromatic heterocycles. The molecule has 0 bridgehead atoms. The predicted molar refractivity (Wildman–Crippen MR) is 136 cm³/mol. The van der Waals surface area contributed by atoms with Crippen LogP contribution in [0.25, 0.3) is 28.0 Å². The number of aryl methyl sites for hydroxylation is 1. The molecule has 9 nitrogen and oxygen atoms in total. The molecule has 36 heavy (non-hydrogen) atoms. The molecular formula is C25H26ClFN6O3. The van der Waals surface area contributed by atoms with Crippen molar-refractivity contribution < 1.29 is 14.0 Å². The van der Waals surface area contributed by atoms with Crippen molar-refractivity contribution in [3.8, 4) is 22.7 Å². The second-order valence-electron chi connectivity index (χ2n) is 9.26. The van der Waals surface area contributed by atoms with Crippen molar-refractivity contribution in [2.24, 2.45) is 0 Å². The quantitative estimate of drug-likeness (QED) is 0.419. The SMILES string of the molecule is Cc1noc(C(C)C)c1-n1c(=O)nc(N2CCNCC2C)c2cc(Cl)c(-c3c(O)cccc3F)nc21. The van der Waals surface area contributed by atoms with Crippen LogP contribution in [-0.2, 0) is 0 Å². The highest BCUT2D eigenvalue weighted by molar-refractivity contribution is 6.34. The average Bonchev–Trinajstić information content (AvgIpc) is 3.21. The van der Waals surface area contributed by atoms with Crippen LogP contribution in [-0.4, -0.2) is 50.5 Å². The molecule has 1 unspecified atom stereocenters. The van der Waals surface area contributed by atoms with Gasteiger partial charge in [0.2, 0.25) is 0 Å². The largest absolute Gasteiger partial charge is 0.507 e. The summed E-state index contributed by atoms with van der Waals surface area (Å²) in [5.74, 6) is -0.149. The number of aromatic hydroxyl groups is 1. The number of halogens is 2. The van der Waals surface area contributed by atoms with Crippen LogP contribution in [0.3, 0.4) is 0 Å². The standard InChI is InChI=1S/C25H26ClFN6O3/c1-12(2)22-21(14(4)31-36-22)33-24-15(23(30-25(33)35)32-9-8-28-11-13(32)3)10-16(26)20(29-24)19-17(27)6-5-7-18(19)34/h5-7,10,12-13,28,34H,8-9,11H2,1-4H3. The van der Waals surface area contributed by atoms with Gasteiger partial charge in [-0.25, -0.2) is 18.7 Å². The molecule has 11 heteroatoms. The summed E-state index contributed by atoms with van der Waals surface area (Å²) in [5, 5.41) is 18.5. The monoisotopic (exact) mass is 512 g/mol. The van der Waals surface area contributed by atoms with Crippen LogP contribution in [0.5, 0.6) is 5.75 Å². The maximum atomic E-state index is 14.8. The molecule has 1 aliphatic rings. The fourth-order valence-corrected chi connectivity index (χ4v) is 4.88. The highest BCUT2D eigenvalue weighted by Gasteiger charge is 2.29. The number of anilines is 1. The third kappa shape index (κ3) is 3.90. The van der Waals surface area contributed by atoms with Gasteiger partial charge in [0.1, 0.15) is 28.8 Å². The first-order valence-corrected chi connectivity index (χ1v) is 12.1. The van der Waals surface area contributed by atoms with Gasteiger partial charge in [0.15, 0.2) is 11.4 Å². The van der Waals surface area contributed by atoms with Crippen LogP contribution in [0.15, 0.2) is 33.6 Å². The Morgan fingerprint density at radius 2 is 2.08 bits per heavy atom. The summed E-state index contributed by atoms with van der Waals surface area (Å²) in [6.45, 7) is 9.69. The number of phenolic OH excluding ortho intramolecular Hbond substituents is 1. The molecule has 1 fully saturated rings. The van der Waals surface area contributed by atoms with E-state index in [-0.39, 0.29) is 39.6 Å². The van der Waals surface area contributed by atoms with E-state index >= 15 is 0 Å². The summed E-state index contributed by atoms with van der Waals surface area (Å²) in [6.07, 6.45) is 0. The van der Waals surface area contributed by atoms with Crippen LogP contribution < -0.4 is 15.9 Å². The number of hydrogen-bond donors (Lipinski definition) is 2. The van der Waals surface area contributed by atoms with E-state index < -0.39 is 11.5 Å². The third-order valence-corrected chi connectivity index (χ3v) is 6.70. The van der Waals surface area contributed by atoms with Gasteiger partial charge in [-0.1, -0.05) is 36.7 Å². The van der Waals surface area contributed by atoms with E-state index in [2.05, 4.69) is 20.4 Å². The van der Waals surface area contributed by atoms with Crippen molar-refractivity contribution in [2.75, 3.05) is 24.5 Å². The lowest BCUT2D eigenvalue weighted by Gasteiger charge is -2.35. The van der Waals surface area contributed by atoms with Crippen LogP contribution in [0.2, 0.25) is 5.02 Å². The molecule has 1 aliphatic heterocycles. The second kappa shape index (κ2) is 9.18. The lowest BCUT2D eigenvalue weighted by molar-refractivity contribution is 0.367. The van der Waals surface area contributed by atoms with E-state index in [1.54, 1.807) is 13.0 Å². The Morgan fingerprint density at radius 1 is 1.31 bits per heavy atom. The fourth-order valence-electron chi connectivity index (χ4n) is 4.64. The first-order chi connectivity index (χ1) is 17.2. The molecule has 2 N–H and O–H groups in total. The van der Waals surface area contributed by atoms with Gasteiger partial charge in [0.05, 0.1) is 21.7 Å². The van der Waals surface area contributed by atoms with Gasteiger partial charge in [-0.05, 0) is 32.0 Å². The maximum Gasteiger partial charge on any atom is 0.356 e. The summed E-state index contributed by atoms with van der Waals surface area (Å²) in [6, 6.07) is 5.64. The van der Waals surface area contributed by atoms with Gasteiger partial charge >= 0.3 is 5.69 Å². The first-order valence-electron chi connectivity index (χ1n) is 11.7. The number of phenols is 1. The predicted octanol–water partition coefficient (Wildman–Crippen LogP) is 4.16. The zero-order chi connectivity index (χ0) is 25.7. The van der Waals surface area contributed by atoms with Crippen molar-refractivity contribution in [1.29, 1.82) is 0 Å². The van der Waals surface area contributed by atoms with Gasteiger partial charge < -0.3 is 19.8 Å². The van der Waals surface area contributed by atoms with Crippen LogP contribution in [0, 0.1) is 12.7 Å². The van der Waals surface area contributed by atoms with Gasteiger partial charge in [-0.2, -0.15) is 4.98 Å². The number of pyridine rings is 1. The van der Waals surface area contributed by atoms with Crippen molar-refractivity contribution in [2.45, 2.75) is 39.7 Å². The van der Waals surface area contributed by atoms with Crippen LogP contribution >= 0.6 is 11.6 Å². The Hall–Kier alpha value is -3.50. The highest BCUT2D eigenvalue weighted by Crippen LogP contribution is 2.39. The smallest absolute Gasteiger partial charge is 0.356 e. The van der Waals surface area contributed by atoms with Gasteiger partial charge in [0, 0.05) is 31.6 Å². The van der Waals surface area contributed by atoms with Crippen molar-refractivity contribution in [3.05, 3.63) is 57.0 Å². The molecule has 0 radical (unpaired) electrons. The van der Waals surface area contributed by atoms with E-state index in [1.807, 2.05) is 25.7 Å². The van der Waals surface area contributed by atoms with Crippen LogP contribution in [0.4, 0.5) is 10.2 Å². The van der Waals surface area contributed by atoms with E-state index in [0.29, 0.717) is 34.9 Å². The minimum atomic E-state index is -0.688. The molecule has 1 saturated heterocycles. The maximum absolute atomic E-state index is 14.8. The number of nitrogens with one attached hydrogen (secondary N) is 1. The minimum absolute atomic E-state index is 0.0126. The van der Waals surface area contributed by atoms with Crippen LogP contribution in [0.1, 0.15) is 38.1 Å². The number of nitrogens with zero attached hydrogens (tertiary/aromatic N) is 5. The Kier molecular flexibility index (Phi) is 6.17. The number of hydrogen-bond acceptors (Lipinski definition) is 8. The summed E-state index contributed by atoms with van der Waals surface area (Å²) >= 11 is 6.64. The summed E-state index contributed by atoms with van der Waals surface area (Å²) in [5.41, 5.74) is 0.424. The molecule has 0 aliphatic carbocycles. The average molecular weight is 513 g/mol. The summed E-state index contributed by atoms with van der Waals surface area (Å²) < 4.78 is 21.7. The second-order valence-corrected chi connectivity index (χ2v) is 9.67. The molecule has 0 saturated carbocycles. The Morgan fingerprint density at radius 3 is 2.78 bits per heavy atom. The number of aromatic nitrogens is 4. The van der Waals surface area contributed by atoms with Crippen molar-refractivity contribution >= 4 is 28.5 Å². The van der Waals surface area contributed by atoms with E-state index in [1.165, 1.54) is 22.8 Å². The van der Waals surface area contributed by atoms with E-state index in [9.17, 15) is 14.3 Å². The molecule has 0 amide bonds. The number of rotatable bonds is 4. The first kappa shape index (κ1) is 24.2. The number of fused-ring (bicyclic) bond motifs is 1. The highest BCUT2D eigenvalue weighted by atomic mass is 35.5. The number of benzene rings is 1. The lowest BCUT2D eigenvalue weighted by atomic mass is 10.1. The molecule has 5 rings (SSSR count). The zero-order valence-electron chi connectivity index (χ0n) is 20.3. The van der Waals surface area contributed by atoms with Gasteiger partial charge in [-0.3, -0.25) is 0 Å². The molecular weight excluding hydrogens is 487 g/mol. The number of piperazine rings is 1. The molecule has 188 valence electrons. The van der Waals surface area contributed by atoms with Crippen molar-refractivity contribution in [1.82, 2.24) is 25.0 Å². The normalized spacial score (nSPS) is 16.3. The third-order valence-electron chi connectivity index (χ3n) is 6.41. The molecule has 0 spiro atoms. The minimum Gasteiger partial charge on any atom is -0.507 e. The molecule has 1 atom stereocenters. The lowest BCUT2D eigenvalue weighted by Crippen LogP contribution is -2.50. The van der Waals surface area contributed by atoms with E-state index in [0.717, 1.165) is 13.1 Å². The molecule has 1 aromatic carbocycles. The molecule has 4 heterocycles. The van der Waals surface area contributed by atoms with Gasteiger partial charge in [-0.15, -0.1) is 0 Å². The van der Waals surface area contributed by atoms with Gasteiger partial charge in [0.25, 0.3) is 0 Å².